The van der Waals surface area contributed by atoms with Crippen LogP contribution >= 0.6 is 23.4 Å². The molecule has 0 bridgehead atoms. The van der Waals surface area contributed by atoms with Crippen molar-refractivity contribution >= 4 is 51.1 Å². The van der Waals surface area contributed by atoms with Gasteiger partial charge < -0.3 is 15.2 Å². The molecule has 3 rings (SSSR count). The molecule has 3 amide bonds. The standard InChI is InChI=1S/C17H17ClN4O5S2/c1-21-7-12(6-13(21)15(19)23)29(26,27)20-16(24)14-8-28-9-22(14)17(25)10-2-4-11(18)5-3-10/h2-7,14H,8-9H2,1H3,(H2,19,23)(H,20,24). The van der Waals surface area contributed by atoms with E-state index >= 15 is 0 Å². The molecule has 2 aromatic rings. The number of carbonyl (C=O) groups excluding carboxylic acids is 3. The molecule has 154 valence electrons. The molecule has 0 saturated carbocycles. The minimum atomic E-state index is -4.24. The Bertz CT molecular complexity index is 1080. The Morgan fingerprint density at radius 3 is 2.48 bits per heavy atom. The van der Waals surface area contributed by atoms with Crippen LogP contribution in [0.3, 0.4) is 0 Å². The molecule has 2 heterocycles. The molecule has 0 spiro atoms. The fourth-order valence-electron chi connectivity index (χ4n) is 2.80. The maximum absolute atomic E-state index is 12.7. The van der Waals surface area contributed by atoms with E-state index in [1.807, 2.05) is 4.72 Å². The summed E-state index contributed by atoms with van der Waals surface area (Å²) >= 11 is 7.16. The highest BCUT2D eigenvalue weighted by Crippen LogP contribution is 2.24. The first-order valence-corrected chi connectivity index (χ1v) is 11.3. The number of hydrogen-bond acceptors (Lipinski definition) is 6. The highest BCUT2D eigenvalue weighted by Gasteiger charge is 2.37. The van der Waals surface area contributed by atoms with E-state index < -0.39 is 33.8 Å². The van der Waals surface area contributed by atoms with Crippen molar-refractivity contribution in [1.29, 1.82) is 0 Å². The molecule has 1 atom stereocenters. The van der Waals surface area contributed by atoms with Crippen LogP contribution in [-0.4, -0.2) is 53.3 Å². The number of rotatable bonds is 5. The number of primary amides is 1. The van der Waals surface area contributed by atoms with E-state index in [9.17, 15) is 22.8 Å². The fraction of sp³-hybridized carbons (Fsp3) is 0.235. The summed E-state index contributed by atoms with van der Waals surface area (Å²) in [6.45, 7) is 0. The van der Waals surface area contributed by atoms with Gasteiger partial charge in [0.05, 0.1) is 5.88 Å². The van der Waals surface area contributed by atoms with Crippen molar-refractivity contribution in [3.05, 3.63) is 52.8 Å². The van der Waals surface area contributed by atoms with Gasteiger partial charge in [0.25, 0.3) is 27.7 Å². The van der Waals surface area contributed by atoms with Gasteiger partial charge in [-0.1, -0.05) is 11.6 Å². The number of sulfonamides is 1. The Morgan fingerprint density at radius 1 is 1.24 bits per heavy atom. The Morgan fingerprint density at radius 2 is 1.90 bits per heavy atom. The molecular weight excluding hydrogens is 440 g/mol. The molecule has 1 aromatic heterocycles. The summed E-state index contributed by atoms with van der Waals surface area (Å²) in [5, 5.41) is 0.468. The lowest BCUT2D eigenvalue weighted by Gasteiger charge is -2.23. The van der Waals surface area contributed by atoms with Crippen LogP contribution in [0.2, 0.25) is 5.02 Å². The average molecular weight is 457 g/mol. The summed E-state index contributed by atoms with van der Waals surface area (Å²) in [4.78, 5) is 37.7. The first-order valence-electron chi connectivity index (χ1n) is 8.27. The van der Waals surface area contributed by atoms with Crippen molar-refractivity contribution in [1.82, 2.24) is 14.2 Å². The molecule has 29 heavy (non-hydrogen) atoms. The van der Waals surface area contributed by atoms with Crippen LogP contribution in [-0.2, 0) is 21.9 Å². The summed E-state index contributed by atoms with van der Waals surface area (Å²) in [5.41, 5.74) is 5.51. The van der Waals surface area contributed by atoms with E-state index in [4.69, 9.17) is 17.3 Å². The zero-order chi connectivity index (χ0) is 21.3. The van der Waals surface area contributed by atoms with Gasteiger partial charge in [0.1, 0.15) is 16.6 Å². The first-order chi connectivity index (χ1) is 13.6. The summed E-state index contributed by atoms with van der Waals surface area (Å²) in [6.07, 6.45) is 1.18. The largest absolute Gasteiger partial charge is 0.364 e. The van der Waals surface area contributed by atoms with Crippen molar-refractivity contribution in [3.8, 4) is 0 Å². The molecular formula is C17H17ClN4O5S2. The summed E-state index contributed by atoms with van der Waals surface area (Å²) < 4.78 is 28.3. The zero-order valence-electron chi connectivity index (χ0n) is 15.2. The van der Waals surface area contributed by atoms with Gasteiger partial charge in [-0.15, -0.1) is 11.8 Å². The maximum Gasteiger partial charge on any atom is 0.265 e. The Labute approximate surface area is 176 Å². The van der Waals surface area contributed by atoms with Gasteiger partial charge in [-0.25, -0.2) is 13.1 Å². The van der Waals surface area contributed by atoms with Gasteiger partial charge in [-0.3, -0.25) is 14.4 Å². The van der Waals surface area contributed by atoms with Crippen LogP contribution in [0.4, 0.5) is 0 Å². The van der Waals surface area contributed by atoms with E-state index in [2.05, 4.69) is 0 Å². The van der Waals surface area contributed by atoms with Crippen LogP contribution in [0, 0.1) is 0 Å². The van der Waals surface area contributed by atoms with Crippen molar-refractivity contribution in [2.24, 2.45) is 12.8 Å². The molecule has 1 fully saturated rings. The number of carbonyl (C=O) groups is 3. The molecule has 0 radical (unpaired) electrons. The zero-order valence-corrected chi connectivity index (χ0v) is 17.6. The smallest absolute Gasteiger partial charge is 0.265 e. The third-order valence-electron chi connectivity index (χ3n) is 4.31. The number of halogens is 1. The molecule has 1 aliphatic rings. The quantitative estimate of drug-likeness (QED) is 0.683. The first kappa shape index (κ1) is 21.2. The van der Waals surface area contributed by atoms with Gasteiger partial charge in [0.15, 0.2) is 0 Å². The summed E-state index contributed by atoms with van der Waals surface area (Å²) in [5.74, 6) is -1.53. The van der Waals surface area contributed by atoms with Crippen molar-refractivity contribution in [2.45, 2.75) is 10.9 Å². The van der Waals surface area contributed by atoms with E-state index in [1.54, 1.807) is 12.1 Å². The highest BCUT2D eigenvalue weighted by atomic mass is 35.5. The van der Waals surface area contributed by atoms with Crippen LogP contribution in [0.1, 0.15) is 20.8 Å². The highest BCUT2D eigenvalue weighted by molar-refractivity contribution is 7.99. The molecule has 3 N–H and O–H groups in total. The lowest BCUT2D eigenvalue weighted by Crippen LogP contribution is -2.48. The summed E-state index contributed by atoms with van der Waals surface area (Å²) in [7, 11) is -2.78. The number of nitrogens with two attached hydrogens (primary N) is 1. The van der Waals surface area contributed by atoms with Gasteiger partial charge in [-0.2, -0.15) is 0 Å². The summed E-state index contributed by atoms with van der Waals surface area (Å²) in [6, 6.07) is 6.31. The minimum Gasteiger partial charge on any atom is -0.364 e. The number of aromatic nitrogens is 1. The number of nitrogens with one attached hydrogen (secondary N) is 1. The monoisotopic (exact) mass is 456 g/mol. The number of hydrogen-bond donors (Lipinski definition) is 2. The number of thioether (sulfide) groups is 1. The second-order valence-electron chi connectivity index (χ2n) is 6.30. The normalized spacial score (nSPS) is 16.6. The second-order valence-corrected chi connectivity index (χ2v) is 9.42. The molecule has 9 nitrogen and oxygen atoms in total. The van der Waals surface area contributed by atoms with E-state index in [-0.39, 0.29) is 22.2 Å². The third kappa shape index (κ3) is 4.41. The second kappa shape index (κ2) is 8.09. The van der Waals surface area contributed by atoms with Crippen LogP contribution in [0.5, 0.6) is 0 Å². The van der Waals surface area contributed by atoms with Gasteiger partial charge in [-0.05, 0) is 30.3 Å². The maximum atomic E-state index is 12.7. The molecule has 1 unspecified atom stereocenters. The molecule has 1 saturated heterocycles. The Hall–Kier alpha value is -2.50. The molecule has 1 aliphatic heterocycles. The Kier molecular flexibility index (Phi) is 5.92. The lowest BCUT2D eigenvalue weighted by atomic mass is 10.1. The van der Waals surface area contributed by atoms with Gasteiger partial charge in [0, 0.05) is 29.6 Å². The van der Waals surface area contributed by atoms with Gasteiger partial charge in [0.2, 0.25) is 0 Å². The third-order valence-corrected chi connectivity index (χ3v) is 6.89. The predicted molar refractivity (Wildman–Crippen MR) is 108 cm³/mol. The number of nitrogens with zero attached hydrogens (tertiary/aromatic N) is 2. The number of benzene rings is 1. The van der Waals surface area contributed by atoms with Crippen molar-refractivity contribution < 1.29 is 22.8 Å². The fourth-order valence-corrected chi connectivity index (χ4v) is 5.17. The van der Waals surface area contributed by atoms with Crippen LogP contribution in [0.15, 0.2) is 41.4 Å². The average Bonchev–Trinajstić information content (AvgIpc) is 3.28. The van der Waals surface area contributed by atoms with Crippen molar-refractivity contribution in [2.75, 3.05) is 11.6 Å². The topological polar surface area (TPSA) is 132 Å². The minimum absolute atomic E-state index is 0.0196. The van der Waals surface area contributed by atoms with Gasteiger partial charge >= 0.3 is 0 Å². The number of amides is 3. The van der Waals surface area contributed by atoms with E-state index in [0.717, 1.165) is 6.07 Å². The predicted octanol–water partition coefficient (Wildman–Crippen LogP) is 0.798. The van der Waals surface area contributed by atoms with Crippen molar-refractivity contribution in [3.63, 3.8) is 0 Å². The SMILES string of the molecule is Cn1cc(S(=O)(=O)NC(=O)C2CSCN2C(=O)c2ccc(Cl)cc2)cc1C(N)=O. The van der Waals surface area contributed by atoms with E-state index in [0.29, 0.717) is 10.6 Å². The van der Waals surface area contributed by atoms with Crippen LogP contribution in [0.25, 0.3) is 0 Å². The van der Waals surface area contributed by atoms with E-state index in [1.165, 1.54) is 46.6 Å². The van der Waals surface area contributed by atoms with Crippen LogP contribution < -0.4 is 10.5 Å². The Balaban J connectivity index is 1.78. The lowest BCUT2D eigenvalue weighted by molar-refractivity contribution is -0.122. The molecule has 1 aromatic carbocycles. The molecule has 12 heteroatoms. The molecule has 0 aliphatic carbocycles. The number of aryl methyl sites for hydroxylation is 1.